The molecule has 1 atom stereocenters. The van der Waals surface area contributed by atoms with Gasteiger partial charge in [-0.1, -0.05) is 60.7 Å². The number of ether oxygens (including phenoxy) is 2. The lowest BCUT2D eigenvalue weighted by Gasteiger charge is -2.15. The normalized spacial score (nSPS) is 12.6. The van der Waals surface area contributed by atoms with E-state index in [1.807, 2.05) is 36.4 Å². The van der Waals surface area contributed by atoms with Crippen LogP contribution in [0.5, 0.6) is 5.75 Å². The Hall–Kier alpha value is -4.59. The lowest BCUT2D eigenvalue weighted by molar-refractivity contribution is -0.147. The largest absolute Gasteiger partial charge is 0.506 e. The van der Waals surface area contributed by atoms with Crippen molar-refractivity contribution in [3.05, 3.63) is 96.1 Å². The predicted octanol–water partition coefficient (Wildman–Crippen LogP) is 4.73. The van der Waals surface area contributed by atoms with Crippen LogP contribution in [0.1, 0.15) is 29.5 Å². The molecular weight excluding hydrogens is 472 g/mol. The van der Waals surface area contributed by atoms with E-state index in [2.05, 4.69) is 29.3 Å². The monoisotopic (exact) mass is 500 g/mol. The quantitative estimate of drug-likeness (QED) is 0.222. The van der Waals surface area contributed by atoms with Crippen LogP contribution in [0.2, 0.25) is 0 Å². The highest BCUT2D eigenvalue weighted by Crippen LogP contribution is 2.44. The lowest BCUT2D eigenvalue weighted by atomic mass is 9.98. The number of esters is 1. The lowest BCUT2D eigenvalue weighted by Crippen LogP contribution is -2.34. The van der Waals surface area contributed by atoms with E-state index in [0.29, 0.717) is 5.56 Å². The standard InChI is InChI=1S/C29H28N2O6/c1-3-18(2)28(34)36-16-19-12-13-26(32)25(14-19)31-27(33)15-30-29(35)37-17-24-22-10-6-4-8-20(22)21-9-5-7-11-23(21)24/h3-14,18,24,32H,1,15-17H2,2H3,(H,30,35)(H,31,33). The molecule has 8 heteroatoms. The molecule has 3 aromatic rings. The molecule has 0 heterocycles. The summed E-state index contributed by atoms with van der Waals surface area (Å²) in [6.07, 6.45) is 0.757. The van der Waals surface area contributed by atoms with E-state index < -0.39 is 23.9 Å². The number of anilines is 1. The molecule has 0 saturated carbocycles. The molecule has 0 radical (unpaired) electrons. The fraction of sp³-hybridized carbons (Fsp3) is 0.207. The molecular formula is C29H28N2O6. The van der Waals surface area contributed by atoms with Crippen LogP contribution in [0.15, 0.2) is 79.4 Å². The Morgan fingerprint density at radius 2 is 1.65 bits per heavy atom. The number of rotatable bonds is 9. The van der Waals surface area contributed by atoms with Crippen molar-refractivity contribution in [2.75, 3.05) is 18.5 Å². The number of benzene rings is 3. The molecule has 0 spiro atoms. The molecule has 8 nitrogen and oxygen atoms in total. The van der Waals surface area contributed by atoms with Gasteiger partial charge in [0.05, 0.1) is 11.6 Å². The number of phenolic OH excluding ortho intramolecular Hbond substituents is 1. The van der Waals surface area contributed by atoms with Crippen LogP contribution in [0.3, 0.4) is 0 Å². The summed E-state index contributed by atoms with van der Waals surface area (Å²) >= 11 is 0. The molecule has 0 aliphatic heterocycles. The summed E-state index contributed by atoms with van der Waals surface area (Å²) in [4.78, 5) is 36.5. The van der Waals surface area contributed by atoms with Crippen LogP contribution in [0.25, 0.3) is 11.1 Å². The van der Waals surface area contributed by atoms with Crippen molar-refractivity contribution in [1.29, 1.82) is 0 Å². The number of hydrogen-bond acceptors (Lipinski definition) is 6. The third-order valence-electron chi connectivity index (χ3n) is 6.18. The molecule has 2 amide bonds. The van der Waals surface area contributed by atoms with E-state index in [1.165, 1.54) is 18.2 Å². The van der Waals surface area contributed by atoms with Crippen molar-refractivity contribution in [3.8, 4) is 16.9 Å². The third-order valence-corrected chi connectivity index (χ3v) is 6.18. The zero-order chi connectivity index (χ0) is 26.4. The molecule has 0 aromatic heterocycles. The first-order chi connectivity index (χ1) is 17.9. The Morgan fingerprint density at radius 1 is 1.00 bits per heavy atom. The molecule has 1 aliphatic carbocycles. The third kappa shape index (κ3) is 5.98. The summed E-state index contributed by atoms with van der Waals surface area (Å²) in [5, 5.41) is 15.1. The Bertz CT molecular complexity index is 1290. The van der Waals surface area contributed by atoms with Gasteiger partial charge in [0.25, 0.3) is 0 Å². The summed E-state index contributed by atoms with van der Waals surface area (Å²) in [6, 6.07) is 20.5. The number of amides is 2. The van der Waals surface area contributed by atoms with Gasteiger partial charge in [-0.25, -0.2) is 4.79 Å². The van der Waals surface area contributed by atoms with E-state index in [9.17, 15) is 19.5 Å². The predicted molar refractivity (Wildman–Crippen MR) is 139 cm³/mol. The number of carbonyl (C=O) groups excluding carboxylic acids is 3. The number of hydrogen-bond donors (Lipinski definition) is 3. The molecule has 4 rings (SSSR count). The van der Waals surface area contributed by atoms with E-state index >= 15 is 0 Å². The van der Waals surface area contributed by atoms with Gasteiger partial charge >= 0.3 is 12.1 Å². The van der Waals surface area contributed by atoms with E-state index in [1.54, 1.807) is 13.0 Å². The second-order valence-corrected chi connectivity index (χ2v) is 8.71. The second-order valence-electron chi connectivity index (χ2n) is 8.71. The van der Waals surface area contributed by atoms with Gasteiger partial charge in [0.15, 0.2) is 0 Å². The van der Waals surface area contributed by atoms with E-state index in [-0.39, 0.29) is 37.1 Å². The van der Waals surface area contributed by atoms with E-state index in [0.717, 1.165) is 22.3 Å². The van der Waals surface area contributed by atoms with Crippen LogP contribution in [-0.2, 0) is 25.7 Å². The summed E-state index contributed by atoms with van der Waals surface area (Å²) in [5.41, 5.74) is 5.13. The summed E-state index contributed by atoms with van der Waals surface area (Å²) in [6.45, 7) is 4.97. The van der Waals surface area contributed by atoms with Crippen LogP contribution in [0, 0.1) is 5.92 Å². The van der Waals surface area contributed by atoms with Crippen molar-refractivity contribution in [3.63, 3.8) is 0 Å². The highest BCUT2D eigenvalue weighted by molar-refractivity contribution is 5.95. The van der Waals surface area contributed by atoms with Gasteiger partial charge in [-0.3, -0.25) is 9.59 Å². The molecule has 3 N–H and O–H groups in total. The molecule has 1 aliphatic rings. The average Bonchev–Trinajstić information content (AvgIpc) is 3.24. The van der Waals surface area contributed by atoms with Gasteiger partial charge in [-0.15, -0.1) is 6.58 Å². The molecule has 1 unspecified atom stereocenters. The molecule has 190 valence electrons. The van der Waals surface area contributed by atoms with E-state index in [4.69, 9.17) is 9.47 Å². The molecule has 0 bridgehead atoms. The van der Waals surface area contributed by atoms with Gasteiger partial charge in [0, 0.05) is 5.92 Å². The first kappa shape index (κ1) is 25.5. The topological polar surface area (TPSA) is 114 Å². The summed E-state index contributed by atoms with van der Waals surface area (Å²) < 4.78 is 10.6. The smallest absolute Gasteiger partial charge is 0.407 e. The molecule has 3 aromatic carbocycles. The first-order valence-corrected chi connectivity index (χ1v) is 11.9. The minimum atomic E-state index is -0.724. The van der Waals surface area contributed by atoms with Gasteiger partial charge in [-0.05, 0) is 46.9 Å². The first-order valence-electron chi connectivity index (χ1n) is 11.9. The van der Waals surface area contributed by atoms with Gasteiger partial charge < -0.3 is 25.2 Å². The zero-order valence-corrected chi connectivity index (χ0v) is 20.4. The van der Waals surface area contributed by atoms with Crippen LogP contribution in [-0.4, -0.2) is 36.2 Å². The Kier molecular flexibility index (Phi) is 7.88. The highest BCUT2D eigenvalue weighted by atomic mass is 16.5. The number of carbonyl (C=O) groups is 3. The van der Waals surface area contributed by atoms with Crippen molar-refractivity contribution in [2.45, 2.75) is 19.4 Å². The maximum Gasteiger partial charge on any atom is 0.407 e. The van der Waals surface area contributed by atoms with Crippen molar-refractivity contribution in [2.24, 2.45) is 5.92 Å². The maximum atomic E-state index is 12.4. The average molecular weight is 501 g/mol. The minimum absolute atomic E-state index is 0.0296. The van der Waals surface area contributed by atoms with Crippen LogP contribution < -0.4 is 10.6 Å². The number of phenols is 1. The number of nitrogens with one attached hydrogen (secondary N) is 2. The van der Waals surface area contributed by atoms with Gasteiger partial charge in [-0.2, -0.15) is 0 Å². The second kappa shape index (κ2) is 11.4. The maximum absolute atomic E-state index is 12.4. The molecule has 0 fully saturated rings. The zero-order valence-electron chi connectivity index (χ0n) is 20.4. The molecule has 0 saturated heterocycles. The van der Waals surface area contributed by atoms with Crippen molar-refractivity contribution in [1.82, 2.24) is 5.32 Å². The van der Waals surface area contributed by atoms with Crippen LogP contribution >= 0.6 is 0 Å². The fourth-order valence-corrected chi connectivity index (χ4v) is 4.15. The minimum Gasteiger partial charge on any atom is -0.506 e. The highest BCUT2D eigenvalue weighted by Gasteiger charge is 2.29. The summed E-state index contributed by atoms with van der Waals surface area (Å²) in [7, 11) is 0. The summed E-state index contributed by atoms with van der Waals surface area (Å²) in [5.74, 6) is -1.68. The SMILES string of the molecule is C=CC(C)C(=O)OCc1ccc(O)c(NC(=O)CNC(=O)OCC2c3ccccc3-c3ccccc32)c1. The number of aromatic hydroxyl groups is 1. The Balaban J connectivity index is 1.28. The van der Waals surface area contributed by atoms with Crippen molar-refractivity contribution < 1.29 is 29.0 Å². The Morgan fingerprint density at radius 3 is 2.30 bits per heavy atom. The van der Waals surface area contributed by atoms with Gasteiger partial charge in [0.2, 0.25) is 5.91 Å². The Labute approximate surface area is 214 Å². The number of alkyl carbamates (subject to hydrolysis) is 1. The fourth-order valence-electron chi connectivity index (χ4n) is 4.15. The molecule has 37 heavy (non-hydrogen) atoms. The van der Waals surface area contributed by atoms with Gasteiger partial charge in [0.1, 0.15) is 25.5 Å². The van der Waals surface area contributed by atoms with Crippen LogP contribution in [0.4, 0.5) is 10.5 Å². The number of fused-ring (bicyclic) bond motifs is 3. The van der Waals surface area contributed by atoms with Crippen molar-refractivity contribution >= 4 is 23.7 Å².